The molecule has 0 aliphatic rings. The van der Waals surface area contributed by atoms with Crippen LogP contribution in [0.5, 0.6) is 0 Å². The SMILES string of the molecule is CCc1nc(CC)n(-c2nc(NN)ncc2C)n1. The van der Waals surface area contributed by atoms with Gasteiger partial charge < -0.3 is 0 Å². The monoisotopic (exact) mass is 247 g/mol. The van der Waals surface area contributed by atoms with Crippen LogP contribution in [0.4, 0.5) is 5.95 Å². The molecule has 7 heteroatoms. The Morgan fingerprint density at radius 3 is 2.67 bits per heavy atom. The lowest BCUT2D eigenvalue weighted by Gasteiger charge is -2.08. The van der Waals surface area contributed by atoms with Crippen LogP contribution in [0.3, 0.4) is 0 Å². The van der Waals surface area contributed by atoms with Gasteiger partial charge in [0.25, 0.3) is 0 Å². The lowest BCUT2D eigenvalue weighted by Crippen LogP contribution is -2.14. The van der Waals surface area contributed by atoms with Gasteiger partial charge in [-0.3, -0.25) is 5.43 Å². The third-order valence-corrected chi connectivity index (χ3v) is 2.63. The van der Waals surface area contributed by atoms with E-state index in [2.05, 4.69) is 25.5 Å². The van der Waals surface area contributed by atoms with E-state index in [0.29, 0.717) is 11.8 Å². The topological polar surface area (TPSA) is 94.5 Å². The zero-order chi connectivity index (χ0) is 13.1. The molecule has 0 unspecified atom stereocenters. The quantitative estimate of drug-likeness (QED) is 0.612. The molecule has 0 amide bonds. The van der Waals surface area contributed by atoms with Crippen molar-refractivity contribution in [2.45, 2.75) is 33.6 Å². The Hall–Kier alpha value is -2.02. The summed E-state index contributed by atoms with van der Waals surface area (Å²) in [5.41, 5.74) is 3.37. The van der Waals surface area contributed by atoms with Gasteiger partial charge in [-0.25, -0.2) is 15.8 Å². The minimum absolute atomic E-state index is 0.367. The highest BCUT2D eigenvalue weighted by Gasteiger charge is 2.13. The number of hydrogen-bond donors (Lipinski definition) is 2. The van der Waals surface area contributed by atoms with Crippen molar-refractivity contribution in [2.24, 2.45) is 5.84 Å². The first-order valence-electron chi connectivity index (χ1n) is 5.95. The molecule has 0 spiro atoms. The van der Waals surface area contributed by atoms with Gasteiger partial charge >= 0.3 is 0 Å². The first-order valence-corrected chi connectivity index (χ1v) is 5.95. The van der Waals surface area contributed by atoms with Gasteiger partial charge in [0.1, 0.15) is 5.82 Å². The third-order valence-electron chi connectivity index (χ3n) is 2.63. The van der Waals surface area contributed by atoms with Gasteiger partial charge in [-0.15, -0.1) is 5.10 Å². The van der Waals surface area contributed by atoms with Crippen LogP contribution in [0.1, 0.15) is 31.1 Å². The van der Waals surface area contributed by atoms with Crippen molar-refractivity contribution in [3.05, 3.63) is 23.4 Å². The van der Waals surface area contributed by atoms with Gasteiger partial charge in [-0.05, 0) is 6.92 Å². The maximum absolute atomic E-state index is 5.33. The van der Waals surface area contributed by atoms with E-state index in [-0.39, 0.29) is 0 Å². The Morgan fingerprint density at radius 2 is 2.06 bits per heavy atom. The summed E-state index contributed by atoms with van der Waals surface area (Å²) in [6, 6.07) is 0. The van der Waals surface area contributed by atoms with Gasteiger partial charge in [0.2, 0.25) is 5.95 Å². The molecule has 0 aromatic carbocycles. The molecule has 0 fully saturated rings. The molecular weight excluding hydrogens is 230 g/mol. The third kappa shape index (κ3) is 2.17. The van der Waals surface area contributed by atoms with Crippen LogP contribution in [0, 0.1) is 6.92 Å². The largest absolute Gasteiger partial charge is 0.292 e. The van der Waals surface area contributed by atoms with Crippen LogP contribution in [0.25, 0.3) is 5.82 Å². The standard InChI is InChI=1S/C11H17N7/c1-4-8-14-9(5-2)18(17-8)10-7(3)6-13-11(15-10)16-12/h6H,4-5,12H2,1-3H3,(H,13,15,16). The Kier molecular flexibility index (Phi) is 3.52. The van der Waals surface area contributed by atoms with E-state index in [1.54, 1.807) is 10.9 Å². The predicted octanol–water partition coefficient (Wildman–Crippen LogP) is 0.776. The van der Waals surface area contributed by atoms with E-state index in [0.717, 1.165) is 30.1 Å². The molecule has 3 N–H and O–H groups in total. The van der Waals surface area contributed by atoms with Gasteiger partial charge in [-0.2, -0.15) is 9.67 Å². The molecule has 2 aromatic heterocycles. The number of anilines is 1. The summed E-state index contributed by atoms with van der Waals surface area (Å²) in [6.07, 6.45) is 3.30. The van der Waals surface area contributed by atoms with Crippen molar-refractivity contribution in [2.75, 3.05) is 5.43 Å². The van der Waals surface area contributed by atoms with Crippen LogP contribution in [0.15, 0.2) is 6.20 Å². The first-order chi connectivity index (χ1) is 8.69. The molecule has 0 saturated heterocycles. The number of hydrogen-bond acceptors (Lipinski definition) is 6. The average Bonchev–Trinajstić information content (AvgIpc) is 2.82. The average molecular weight is 247 g/mol. The van der Waals surface area contributed by atoms with Crippen LogP contribution in [-0.4, -0.2) is 24.7 Å². The zero-order valence-corrected chi connectivity index (χ0v) is 10.8. The Labute approximate surface area is 105 Å². The fourth-order valence-electron chi connectivity index (χ4n) is 1.66. The van der Waals surface area contributed by atoms with Crippen molar-refractivity contribution in [3.63, 3.8) is 0 Å². The summed E-state index contributed by atoms with van der Waals surface area (Å²) in [5, 5.41) is 4.45. The van der Waals surface area contributed by atoms with Crippen molar-refractivity contribution in [1.82, 2.24) is 24.7 Å². The number of hydrazine groups is 1. The number of nitrogens with zero attached hydrogens (tertiary/aromatic N) is 5. The fraction of sp³-hybridized carbons (Fsp3) is 0.455. The number of nitrogens with one attached hydrogen (secondary N) is 1. The van der Waals surface area contributed by atoms with Crippen LogP contribution in [0.2, 0.25) is 0 Å². The second-order valence-corrected chi connectivity index (χ2v) is 3.91. The molecule has 0 aliphatic heterocycles. The molecule has 96 valence electrons. The van der Waals surface area contributed by atoms with E-state index < -0.39 is 0 Å². The second-order valence-electron chi connectivity index (χ2n) is 3.91. The summed E-state index contributed by atoms with van der Waals surface area (Å²) in [5.74, 6) is 8.10. The fourth-order valence-corrected chi connectivity index (χ4v) is 1.66. The van der Waals surface area contributed by atoms with Gasteiger partial charge in [-0.1, -0.05) is 13.8 Å². The molecule has 0 atom stereocenters. The maximum atomic E-state index is 5.33. The molecule has 2 aromatic rings. The van der Waals surface area contributed by atoms with E-state index in [1.807, 2.05) is 20.8 Å². The minimum atomic E-state index is 0.367. The van der Waals surface area contributed by atoms with E-state index in [4.69, 9.17) is 5.84 Å². The van der Waals surface area contributed by atoms with E-state index in [1.165, 1.54) is 0 Å². The molecule has 0 aliphatic carbocycles. The molecule has 2 heterocycles. The molecule has 18 heavy (non-hydrogen) atoms. The highest BCUT2D eigenvalue weighted by molar-refractivity contribution is 5.37. The summed E-state index contributed by atoms with van der Waals surface area (Å²) in [7, 11) is 0. The molecule has 7 nitrogen and oxygen atoms in total. The number of aryl methyl sites for hydroxylation is 3. The molecule has 2 rings (SSSR count). The van der Waals surface area contributed by atoms with E-state index >= 15 is 0 Å². The van der Waals surface area contributed by atoms with Crippen LogP contribution < -0.4 is 11.3 Å². The van der Waals surface area contributed by atoms with Crippen LogP contribution in [-0.2, 0) is 12.8 Å². The number of aromatic nitrogens is 5. The van der Waals surface area contributed by atoms with Crippen molar-refractivity contribution >= 4 is 5.95 Å². The van der Waals surface area contributed by atoms with Crippen molar-refractivity contribution in [1.29, 1.82) is 0 Å². The number of nitrogens with two attached hydrogens (primary N) is 1. The molecular formula is C11H17N7. The molecule has 0 bridgehead atoms. The zero-order valence-electron chi connectivity index (χ0n) is 10.8. The highest BCUT2D eigenvalue weighted by atomic mass is 15.4. The van der Waals surface area contributed by atoms with Gasteiger partial charge in [0.15, 0.2) is 11.6 Å². The lowest BCUT2D eigenvalue weighted by molar-refractivity contribution is 0.759. The lowest BCUT2D eigenvalue weighted by atomic mass is 10.3. The maximum Gasteiger partial charge on any atom is 0.239 e. The summed E-state index contributed by atoms with van der Waals surface area (Å²) < 4.78 is 1.76. The molecule has 0 radical (unpaired) electrons. The normalized spacial score (nSPS) is 10.7. The van der Waals surface area contributed by atoms with Gasteiger partial charge in [0, 0.05) is 24.6 Å². The smallest absolute Gasteiger partial charge is 0.239 e. The number of nitrogen functional groups attached to an aromatic ring is 1. The Bertz CT molecular complexity index is 546. The van der Waals surface area contributed by atoms with Crippen molar-refractivity contribution in [3.8, 4) is 5.82 Å². The predicted molar refractivity (Wildman–Crippen MR) is 68.3 cm³/mol. The Balaban J connectivity index is 2.56. The Morgan fingerprint density at radius 1 is 1.28 bits per heavy atom. The minimum Gasteiger partial charge on any atom is -0.292 e. The van der Waals surface area contributed by atoms with E-state index in [9.17, 15) is 0 Å². The van der Waals surface area contributed by atoms with Gasteiger partial charge in [0.05, 0.1) is 0 Å². The van der Waals surface area contributed by atoms with Crippen LogP contribution >= 0.6 is 0 Å². The highest BCUT2D eigenvalue weighted by Crippen LogP contribution is 2.14. The van der Waals surface area contributed by atoms with Crippen molar-refractivity contribution < 1.29 is 0 Å². The molecule has 0 saturated carbocycles. The second kappa shape index (κ2) is 5.09. The summed E-state index contributed by atoms with van der Waals surface area (Å²) in [4.78, 5) is 12.8. The summed E-state index contributed by atoms with van der Waals surface area (Å²) in [6.45, 7) is 6.00. The first kappa shape index (κ1) is 12.4. The number of rotatable bonds is 4. The summed E-state index contributed by atoms with van der Waals surface area (Å²) >= 11 is 0.